The number of rotatable bonds is 1. The van der Waals surface area contributed by atoms with Gasteiger partial charge in [0, 0.05) is 25.2 Å². The number of hydrogen-bond acceptors (Lipinski definition) is 5. The summed E-state index contributed by atoms with van der Waals surface area (Å²) in [4.78, 5) is 11.1. The number of fused-ring (bicyclic) bond motifs is 1. The fraction of sp³-hybridized carbons (Fsp3) is 0.636. The second kappa shape index (κ2) is 7.09. The van der Waals surface area contributed by atoms with Gasteiger partial charge in [-0.1, -0.05) is 0 Å². The first kappa shape index (κ1) is 15.4. The highest BCUT2D eigenvalue weighted by Gasteiger charge is 2.20. The van der Waals surface area contributed by atoms with E-state index in [0.29, 0.717) is 0 Å². The molecule has 1 fully saturated rings. The van der Waals surface area contributed by atoms with Gasteiger partial charge in [-0.3, -0.25) is 0 Å². The lowest BCUT2D eigenvalue weighted by Gasteiger charge is -2.31. The van der Waals surface area contributed by atoms with Gasteiger partial charge in [0.1, 0.15) is 12.1 Å². The summed E-state index contributed by atoms with van der Waals surface area (Å²) in [5.41, 5.74) is 2.48. The van der Waals surface area contributed by atoms with Crippen molar-refractivity contribution in [3.63, 3.8) is 0 Å². The van der Waals surface area contributed by atoms with E-state index >= 15 is 0 Å². The molecule has 0 bridgehead atoms. The minimum atomic E-state index is 0. The van der Waals surface area contributed by atoms with Crippen molar-refractivity contribution in [2.75, 3.05) is 37.7 Å². The minimum Gasteiger partial charge on any atom is -0.378 e. The molecule has 2 aliphatic rings. The van der Waals surface area contributed by atoms with Crippen LogP contribution in [0.25, 0.3) is 0 Å². The number of anilines is 1. The zero-order valence-electron chi connectivity index (χ0n) is 10.1. The van der Waals surface area contributed by atoms with Gasteiger partial charge in [0.15, 0.2) is 0 Å². The van der Waals surface area contributed by atoms with Crippen molar-refractivity contribution >= 4 is 30.6 Å². The Balaban J connectivity index is 0.000000810. The molecular formula is C11H18Cl2N4O. The van der Waals surface area contributed by atoms with E-state index in [2.05, 4.69) is 20.2 Å². The Bertz CT molecular complexity index is 385. The molecule has 1 N–H and O–H groups in total. The third kappa shape index (κ3) is 3.03. The molecule has 3 rings (SSSR count). The maximum Gasteiger partial charge on any atom is 0.135 e. The number of hydrogen-bond donors (Lipinski definition) is 1. The minimum absolute atomic E-state index is 0. The highest BCUT2D eigenvalue weighted by Crippen LogP contribution is 2.23. The van der Waals surface area contributed by atoms with Crippen LogP contribution in [0, 0.1) is 0 Å². The SMILES string of the molecule is Cl.Cl.c1nc2c(c(N3CCOCC3)n1)CCNC2. The first-order valence-electron chi connectivity index (χ1n) is 5.81. The van der Waals surface area contributed by atoms with Crippen LogP contribution in [-0.4, -0.2) is 42.8 Å². The second-order valence-corrected chi connectivity index (χ2v) is 4.15. The first-order valence-corrected chi connectivity index (χ1v) is 5.81. The third-order valence-electron chi connectivity index (χ3n) is 3.17. The smallest absolute Gasteiger partial charge is 0.135 e. The van der Waals surface area contributed by atoms with Gasteiger partial charge >= 0.3 is 0 Å². The number of halogens is 2. The fourth-order valence-corrected chi connectivity index (χ4v) is 2.31. The summed E-state index contributed by atoms with van der Waals surface area (Å²) in [6.45, 7) is 5.38. The van der Waals surface area contributed by atoms with Crippen LogP contribution in [-0.2, 0) is 17.7 Å². The van der Waals surface area contributed by atoms with Gasteiger partial charge in [-0.25, -0.2) is 9.97 Å². The van der Waals surface area contributed by atoms with Crippen molar-refractivity contribution in [3.05, 3.63) is 17.6 Å². The molecule has 5 nitrogen and oxygen atoms in total. The Hall–Kier alpha value is -0.620. The maximum atomic E-state index is 5.37. The lowest BCUT2D eigenvalue weighted by atomic mass is 10.1. The molecule has 1 saturated heterocycles. The van der Waals surface area contributed by atoms with Gasteiger partial charge in [-0.15, -0.1) is 24.8 Å². The van der Waals surface area contributed by atoms with E-state index in [9.17, 15) is 0 Å². The van der Waals surface area contributed by atoms with Crippen LogP contribution in [0.2, 0.25) is 0 Å². The predicted molar refractivity (Wildman–Crippen MR) is 75.0 cm³/mol. The average molecular weight is 293 g/mol. The van der Waals surface area contributed by atoms with Crippen LogP contribution >= 0.6 is 24.8 Å². The summed E-state index contributed by atoms with van der Waals surface area (Å²) < 4.78 is 5.37. The number of nitrogens with zero attached hydrogens (tertiary/aromatic N) is 3. The molecular weight excluding hydrogens is 275 g/mol. The van der Waals surface area contributed by atoms with Crippen molar-refractivity contribution in [2.45, 2.75) is 13.0 Å². The van der Waals surface area contributed by atoms with Gasteiger partial charge in [-0.05, 0) is 13.0 Å². The maximum absolute atomic E-state index is 5.37. The van der Waals surface area contributed by atoms with Crippen LogP contribution in [0.3, 0.4) is 0 Å². The normalized spacial score (nSPS) is 18.3. The molecule has 2 aliphatic heterocycles. The van der Waals surface area contributed by atoms with Crippen LogP contribution in [0.4, 0.5) is 5.82 Å². The number of morpholine rings is 1. The van der Waals surface area contributed by atoms with Crippen molar-refractivity contribution in [3.8, 4) is 0 Å². The monoisotopic (exact) mass is 292 g/mol. The Morgan fingerprint density at radius 1 is 1.17 bits per heavy atom. The molecule has 18 heavy (non-hydrogen) atoms. The number of nitrogens with one attached hydrogen (secondary N) is 1. The van der Waals surface area contributed by atoms with E-state index in [1.807, 2.05) is 0 Å². The van der Waals surface area contributed by atoms with Gasteiger partial charge in [0.25, 0.3) is 0 Å². The van der Waals surface area contributed by atoms with Crippen molar-refractivity contribution in [1.82, 2.24) is 15.3 Å². The zero-order chi connectivity index (χ0) is 10.8. The van der Waals surface area contributed by atoms with E-state index in [-0.39, 0.29) is 24.8 Å². The summed E-state index contributed by atoms with van der Waals surface area (Å²) in [6.07, 6.45) is 2.71. The standard InChI is InChI=1S/C11H16N4O.2ClH/c1-2-12-7-10-9(1)11(14-8-13-10)15-3-5-16-6-4-15;;/h8,12H,1-7H2;2*1H. The lowest BCUT2D eigenvalue weighted by Crippen LogP contribution is -2.38. The molecule has 0 aromatic carbocycles. The van der Waals surface area contributed by atoms with Gasteiger partial charge in [0.05, 0.1) is 18.9 Å². The van der Waals surface area contributed by atoms with Crippen LogP contribution < -0.4 is 10.2 Å². The average Bonchev–Trinajstić information content (AvgIpc) is 2.39. The Labute approximate surface area is 119 Å². The van der Waals surface area contributed by atoms with E-state index in [1.54, 1.807) is 6.33 Å². The first-order chi connectivity index (χ1) is 7.95. The molecule has 0 atom stereocenters. The number of ether oxygens (including phenoxy) is 1. The summed E-state index contributed by atoms with van der Waals surface area (Å²) in [6, 6.07) is 0. The Morgan fingerprint density at radius 3 is 2.72 bits per heavy atom. The molecule has 0 spiro atoms. The van der Waals surface area contributed by atoms with E-state index < -0.39 is 0 Å². The van der Waals surface area contributed by atoms with E-state index in [4.69, 9.17) is 4.74 Å². The fourth-order valence-electron chi connectivity index (χ4n) is 2.31. The van der Waals surface area contributed by atoms with Gasteiger partial charge < -0.3 is 15.0 Å². The summed E-state index contributed by atoms with van der Waals surface area (Å²) >= 11 is 0. The van der Waals surface area contributed by atoms with Gasteiger partial charge in [0.2, 0.25) is 0 Å². The second-order valence-electron chi connectivity index (χ2n) is 4.15. The molecule has 3 heterocycles. The van der Waals surface area contributed by atoms with Crippen LogP contribution in [0.5, 0.6) is 0 Å². The van der Waals surface area contributed by atoms with Crippen molar-refractivity contribution < 1.29 is 4.74 Å². The molecule has 102 valence electrons. The summed E-state index contributed by atoms with van der Waals surface area (Å²) in [5, 5.41) is 3.34. The molecule has 1 aromatic heterocycles. The highest BCUT2D eigenvalue weighted by molar-refractivity contribution is 5.85. The topological polar surface area (TPSA) is 50.3 Å². The third-order valence-corrected chi connectivity index (χ3v) is 3.17. The molecule has 0 unspecified atom stereocenters. The van der Waals surface area contributed by atoms with E-state index in [1.165, 1.54) is 5.56 Å². The van der Waals surface area contributed by atoms with Crippen molar-refractivity contribution in [2.24, 2.45) is 0 Å². The lowest BCUT2D eigenvalue weighted by molar-refractivity contribution is 0.122. The van der Waals surface area contributed by atoms with Crippen LogP contribution in [0.1, 0.15) is 11.3 Å². The highest BCUT2D eigenvalue weighted by atomic mass is 35.5. The largest absolute Gasteiger partial charge is 0.378 e. The molecule has 0 saturated carbocycles. The predicted octanol–water partition coefficient (Wildman–Crippen LogP) is 0.802. The van der Waals surface area contributed by atoms with E-state index in [0.717, 1.165) is 57.3 Å². The molecule has 1 aromatic rings. The quantitative estimate of drug-likeness (QED) is 0.830. The Kier molecular flexibility index (Phi) is 6.08. The summed E-state index contributed by atoms with van der Waals surface area (Å²) in [5.74, 6) is 1.12. The van der Waals surface area contributed by atoms with Crippen molar-refractivity contribution in [1.29, 1.82) is 0 Å². The summed E-state index contributed by atoms with van der Waals surface area (Å²) in [7, 11) is 0. The van der Waals surface area contributed by atoms with Crippen LogP contribution in [0.15, 0.2) is 6.33 Å². The van der Waals surface area contributed by atoms with Gasteiger partial charge in [-0.2, -0.15) is 0 Å². The molecule has 0 amide bonds. The Morgan fingerprint density at radius 2 is 1.94 bits per heavy atom. The molecule has 7 heteroatoms. The zero-order valence-corrected chi connectivity index (χ0v) is 11.7. The molecule has 0 radical (unpaired) electrons. The molecule has 0 aliphatic carbocycles. The number of aromatic nitrogens is 2.